The number of hydrogen-bond acceptors (Lipinski definition) is 4. The third-order valence-corrected chi connectivity index (χ3v) is 5.08. The Morgan fingerprint density at radius 3 is 2.81 bits per heavy atom. The van der Waals surface area contributed by atoms with Gasteiger partial charge in [0.05, 0.1) is 17.8 Å². The minimum absolute atomic E-state index is 0.00740. The van der Waals surface area contributed by atoms with E-state index in [1.807, 2.05) is 48.8 Å². The van der Waals surface area contributed by atoms with Gasteiger partial charge in [-0.25, -0.2) is 4.98 Å². The quantitative estimate of drug-likeness (QED) is 0.848. The van der Waals surface area contributed by atoms with Crippen LogP contribution in [0.15, 0.2) is 36.5 Å². The summed E-state index contributed by atoms with van der Waals surface area (Å²) in [5.41, 5.74) is 2.88. The number of pyridine rings is 1. The van der Waals surface area contributed by atoms with Crippen LogP contribution in [-0.2, 0) is 7.05 Å². The fourth-order valence-corrected chi connectivity index (χ4v) is 4.00. The molecule has 2 aliphatic heterocycles. The summed E-state index contributed by atoms with van der Waals surface area (Å²) in [6.45, 7) is 3.90. The first-order valence-corrected chi connectivity index (χ1v) is 9.18. The first kappa shape index (κ1) is 16.8. The topological polar surface area (TPSA) is 60.2 Å². The molecule has 0 aromatic carbocycles. The SMILES string of the molecule is CC(C)Oc1cccc(C(=O)N2C3C=C(c4ccnn4C)CC2CC3)n1. The third kappa shape index (κ3) is 3.00. The van der Waals surface area contributed by atoms with Gasteiger partial charge in [-0.05, 0) is 50.8 Å². The van der Waals surface area contributed by atoms with Crippen LogP contribution in [0.1, 0.15) is 49.3 Å². The van der Waals surface area contributed by atoms with Crippen LogP contribution < -0.4 is 4.74 Å². The second kappa shape index (κ2) is 6.59. The number of carbonyl (C=O) groups is 1. The fourth-order valence-electron chi connectivity index (χ4n) is 4.00. The van der Waals surface area contributed by atoms with Crippen LogP contribution in [0.2, 0.25) is 0 Å². The van der Waals surface area contributed by atoms with Gasteiger partial charge in [0.15, 0.2) is 0 Å². The highest BCUT2D eigenvalue weighted by molar-refractivity contribution is 5.94. The first-order chi connectivity index (χ1) is 12.5. The largest absolute Gasteiger partial charge is 0.475 e. The summed E-state index contributed by atoms with van der Waals surface area (Å²) in [6.07, 6.45) is 6.97. The second-order valence-corrected chi connectivity index (χ2v) is 7.27. The molecule has 1 saturated heterocycles. The number of hydrogen-bond donors (Lipinski definition) is 0. The van der Waals surface area contributed by atoms with E-state index in [2.05, 4.69) is 16.2 Å². The number of aryl methyl sites for hydroxylation is 1. The van der Waals surface area contributed by atoms with E-state index >= 15 is 0 Å². The van der Waals surface area contributed by atoms with Crippen LogP contribution in [0.3, 0.4) is 0 Å². The monoisotopic (exact) mass is 352 g/mol. The van der Waals surface area contributed by atoms with Crippen LogP contribution in [0.4, 0.5) is 0 Å². The van der Waals surface area contributed by atoms with Gasteiger partial charge in [-0.15, -0.1) is 0 Å². The van der Waals surface area contributed by atoms with Crippen molar-refractivity contribution >= 4 is 11.5 Å². The number of fused-ring (bicyclic) bond motifs is 2. The standard InChI is InChI=1S/C20H24N4O2/c1-13(2)26-19-6-4-5-17(22-19)20(25)24-15-7-8-16(24)12-14(11-15)18-9-10-21-23(18)3/h4-6,9-11,13,15-16H,7-8,12H2,1-3H3. The van der Waals surface area contributed by atoms with E-state index in [1.54, 1.807) is 12.1 Å². The maximum Gasteiger partial charge on any atom is 0.273 e. The van der Waals surface area contributed by atoms with Gasteiger partial charge in [-0.2, -0.15) is 5.10 Å². The zero-order chi connectivity index (χ0) is 18.3. The van der Waals surface area contributed by atoms with Crippen molar-refractivity contribution < 1.29 is 9.53 Å². The van der Waals surface area contributed by atoms with Gasteiger partial charge in [-0.1, -0.05) is 12.1 Å². The van der Waals surface area contributed by atoms with Crippen molar-refractivity contribution in [2.45, 2.75) is 51.3 Å². The molecule has 2 aromatic heterocycles. The Labute approximate surface area is 153 Å². The highest BCUT2D eigenvalue weighted by Gasteiger charge is 2.40. The molecule has 2 bridgehead atoms. The second-order valence-electron chi connectivity index (χ2n) is 7.27. The van der Waals surface area contributed by atoms with Crippen molar-refractivity contribution in [3.8, 4) is 5.88 Å². The molecule has 0 saturated carbocycles. The molecule has 6 heteroatoms. The molecular formula is C20H24N4O2. The number of carbonyl (C=O) groups excluding carboxylic acids is 1. The Bertz CT molecular complexity index is 855. The summed E-state index contributed by atoms with van der Waals surface area (Å²) in [5, 5.41) is 4.27. The zero-order valence-corrected chi connectivity index (χ0v) is 15.4. The maximum absolute atomic E-state index is 13.1. The van der Waals surface area contributed by atoms with Crippen LogP contribution in [0, 0.1) is 0 Å². The van der Waals surface area contributed by atoms with Gasteiger partial charge in [0, 0.05) is 25.4 Å². The van der Waals surface area contributed by atoms with Crippen molar-refractivity contribution in [1.29, 1.82) is 0 Å². The summed E-state index contributed by atoms with van der Waals surface area (Å²) >= 11 is 0. The van der Waals surface area contributed by atoms with Crippen molar-refractivity contribution in [3.05, 3.63) is 47.9 Å². The molecule has 0 aliphatic carbocycles. The Balaban J connectivity index is 1.59. The van der Waals surface area contributed by atoms with Crippen LogP contribution >= 0.6 is 0 Å². The average Bonchev–Trinajstić information content (AvgIpc) is 3.14. The lowest BCUT2D eigenvalue weighted by Gasteiger charge is -2.34. The molecule has 136 valence electrons. The van der Waals surface area contributed by atoms with E-state index in [1.165, 1.54) is 5.57 Å². The van der Waals surface area contributed by atoms with E-state index in [-0.39, 0.29) is 24.1 Å². The number of ether oxygens (including phenoxy) is 1. The first-order valence-electron chi connectivity index (χ1n) is 9.18. The van der Waals surface area contributed by atoms with Crippen LogP contribution in [0.5, 0.6) is 5.88 Å². The number of aromatic nitrogens is 3. The van der Waals surface area contributed by atoms with Gasteiger partial charge >= 0.3 is 0 Å². The summed E-state index contributed by atoms with van der Waals surface area (Å²) in [5.74, 6) is 0.494. The van der Waals surface area contributed by atoms with E-state index in [0.717, 1.165) is 25.0 Å². The van der Waals surface area contributed by atoms with Crippen LogP contribution in [-0.4, -0.2) is 43.8 Å². The predicted octanol–water partition coefficient (Wildman–Crippen LogP) is 3.06. The Morgan fingerprint density at radius 2 is 2.12 bits per heavy atom. The summed E-state index contributed by atoms with van der Waals surface area (Å²) in [7, 11) is 1.96. The van der Waals surface area contributed by atoms with Crippen molar-refractivity contribution in [2.24, 2.45) is 7.05 Å². The smallest absolute Gasteiger partial charge is 0.273 e. The third-order valence-electron chi connectivity index (χ3n) is 5.08. The minimum atomic E-state index is -0.00740. The van der Waals surface area contributed by atoms with E-state index < -0.39 is 0 Å². The van der Waals surface area contributed by atoms with E-state index in [0.29, 0.717) is 11.6 Å². The normalized spacial score (nSPS) is 21.8. The van der Waals surface area contributed by atoms with Gasteiger partial charge in [0.1, 0.15) is 5.69 Å². The summed E-state index contributed by atoms with van der Waals surface area (Å²) in [6, 6.07) is 7.79. The lowest BCUT2D eigenvalue weighted by molar-refractivity contribution is 0.0684. The molecule has 2 atom stereocenters. The van der Waals surface area contributed by atoms with E-state index in [4.69, 9.17) is 4.74 Å². The molecule has 2 aliphatic rings. The summed E-state index contributed by atoms with van der Waals surface area (Å²) in [4.78, 5) is 19.5. The van der Waals surface area contributed by atoms with Crippen molar-refractivity contribution in [1.82, 2.24) is 19.7 Å². The van der Waals surface area contributed by atoms with Gasteiger partial charge in [-0.3, -0.25) is 9.48 Å². The van der Waals surface area contributed by atoms with Gasteiger partial charge < -0.3 is 9.64 Å². The van der Waals surface area contributed by atoms with E-state index in [9.17, 15) is 4.79 Å². The molecule has 1 amide bonds. The Kier molecular flexibility index (Phi) is 4.26. The molecule has 6 nitrogen and oxygen atoms in total. The number of rotatable bonds is 4. The lowest BCUT2D eigenvalue weighted by atomic mass is 9.98. The maximum atomic E-state index is 13.1. The molecule has 0 N–H and O–H groups in total. The molecular weight excluding hydrogens is 328 g/mol. The number of amides is 1. The minimum Gasteiger partial charge on any atom is -0.475 e. The molecule has 4 rings (SSSR count). The van der Waals surface area contributed by atoms with Crippen molar-refractivity contribution in [3.63, 3.8) is 0 Å². The highest BCUT2D eigenvalue weighted by atomic mass is 16.5. The van der Waals surface area contributed by atoms with Crippen molar-refractivity contribution in [2.75, 3.05) is 0 Å². The van der Waals surface area contributed by atoms with Gasteiger partial charge in [0.25, 0.3) is 5.91 Å². The highest BCUT2D eigenvalue weighted by Crippen LogP contribution is 2.39. The number of nitrogens with zero attached hydrogens (tertiary/aromatic N) is 4. The molecule has 0 spiro atoms. The lowest BCUT2D eigenvalue weighted by Crippen LogP contribution is -2.43. The zero-order valence-electron chi connectivity index (χ0n) is 15.4. The molecule has 2 aromatic rings. The average molecular weight is 352 g/mol. The molecule has 2 unspecified atom stereocenters. The van der Waals surface area contributed by atoms with Crippen LogP contribution in [0.25, 0.3) is 5.57 Å². The van der Waals surface area contributed by atoms with Gasteiger partial charge in [0.2, 0.25) is 5.88 Å². The predicted molar refractivity (Wildman–Crippen MR) is 98.8 cm³/mol. The Morgan fingerprint density at radius 1 is 1.27 bits per heavy atom. The molecule has 1 fully saturated rings. The molecule has 0 radical (unpaired) electrons. The molecule has 26 heavy (non-hydrogen) atoms. The summed E-state index contributed by atoms with van der Waals surface area (Å²) < 4.78 is 7.54. The fraction of sp³-hybridized carbons (Fsp3) is 0.450. The molecule has 4 heterocycles. The Hall–Kier alpha value is -2.63.